The maximum absolute atomic E-state index is 6.01. The van der Waals surface area contributed by atoms with Crippen molar-refractivity contribution in [3.63, 3.8) is 0 Å². The standard InChI is InChI=1S/C12H17N5/c1-2-16-7-6-9(8-16)12-15-14-11-5-3-4-10(13)17(11)12/h3-5,9H,2,6-8,13H2,1H3. The van der Waals surface area contributed by atoms with Gasteiger partial charge in [-0.15, -0.1) is 10.2 Å². The van der Waals surface area contributed by atoms with Gasteiger partial charge < -0.3 is 10.6 Å². The Morgan fingerprint density at radius 3 is 3.06 bits per heavy atom. The molecule has 0 radical (unpaired) electrons. The molecule has 0 saturated carbocycles. The maximum atomic E-state index is 6.01. The summed E-state index contributed by atoms with van der Waals surface area (Å²) in [5.74, 6) is 2.18. The van der Waals surface area contributed by atoms with Crippen LogP contribution in [0.3, 0.4) is 0 Å². The summed E-state index contributed by atoms with van der Waals surface area (Å²) in [5, 5.41) is 8.50. The molecular formula is C12H17N5. The van der Waals surface area contributed by atoms with Crippen LogP contribution in [-0.2, 0) is 0 Å². The third-order valence-electron chi connectivity index (χ3n) is 3.57. The number of fused-ring (bicyclic) bond motifs is 1. The molecule has 0 spiro atoms. The Labute approximate surface area is 100 Å². The van der Waals surface area contributed by atoms with Gasteiger partial charge >= 0.3 is 0 Å². The topological polar surface area (TPSA) is 59.5 Å². The average molecular weight is 231 g/mol. The van der Waals surface area contributed by atoms with E-state index < -0.39 is 0 Å². The molecule has 0 aromatic carbocycles. The van der Waals surface area contributed by atoms with Gasteiger partial charge in [0.25, 0.3) is 0 Å². The first kappa shape index (κ1) is 10.5. The van der Waals surface area contributed by atoms with Crippen molar-refractivity contribution >= 4 is 11.5 Å². The minimum Gasteiger partial charge on any atom is -0.385 e. The van der Waals surface area contributed by atoms with Crippen LogP contribution in [0.1, 0.15) is 25.1 Å². The van der Waals surface area contributed by atoms with E-state index in [-0.39, 0.29) is 0 Å². The molecule has 1 unspecified atom stereocenters. The first-order chi connectivity index (χ1) is 8.29. The zero-order valence-electron chi connectivity index (χ0n) is 10.0. The maximum Gasteiger partial charge on any atom is 0.162 e. The van der Waals surface area contributed by atoms with E-state index in [1.165, 1.54) is 0 Å². The lowest BCUT2D eigenvalue weighted by atomic mass is 10.1. The van der Waals surface area contributed by atoms with Crippen LogP contribution in [0.25, 0.3) is 5.65 Å². The first-order valence-corrected chi connectivity index (χ1v) is 6.11. The van der Waals surface area contributed by atoms with E-state index in [1.54, 1.807) is 0 Å². The molecule has 17 heavy (non-hydrogen) atoms. The van der Waals surface area contributed by atoms with Gasteiger partial charge in [-0.3, -0.25) is 4.40 Å². The van der Waals surface area contributed by atoms with Crippen LogP contribution < -0.4 is 5.73 Å². The van der Waals surface area contributed by atoms with Gasteiger partial charge in [0.05, 0.1) is 0 Å². The van der Waals surface area contributed by atoms with E-state index in [0.717, 1.165) is 43.3 Å². The van der Waals surface area contributed by atoms with Gasteiger partial charge in [-0.2, -0.15) is 0 Å². The molecule has 0 amide bonds. The predicted molar refractivity (Wildman–Crippen MR) is 66.9 cm³/mol. The van der Waals surface area contributed by atoms with Crippen molar-refractivity contribution in [1.29, 1.82) is 0 Å². The van der Waals surface area contributed by atoms with E-state index in [1.807, 2.05) is 22.6 Å². The summed E-state index contributed by atoms with van der Waals surface area (Å²) in [6.45, 7) is 5.50. The van der Waals surface area contributed by atoms with Gasteiger partial charge in [-0.05, 0) is 31.6 Å². The summed E-state index contributed by atoms with van der Waals surface area (Å²) < 4.78 is 1.98. The number of rotatable bonds is 2. The highest BCUT2D eigenvalue weighted by Gasteiger charge is 2.27. The smallest absolute Gasteiger partial charge is 0.162 e. The van der Waals surface area contributed by atoms with Crippen molar-refractivity contribution in [1.82, 2.24) is 19.5 Å². The second-order valence-corrected chi connectivity index (χ2v) is 4.58. The summed E-state index contributed by atoms with van der Waals surface area (Å²) in [5.41, 5.74) is 6.85. The first-order valence-electron chi connectivity index (χ1n) is 6.11. The summed E-state index contributed by atoms with van der Waals surface area (Å²) in [6, 6.07) is 5.75. The van der Waals surface area contributed by atoms with E-state index in [0.29, 0.717) is 5.92 Å². The van der Waals surface area contributed by atoms with Crippen molar-refractivity contribution in [2.45, 2.75) is 19.3 Å². The Morgan fingerprint density at radius 1 is 1.41 bits per heavy atom. The Morgan fingerprint density at radius 2 is 2.29 bits per heavy atom. The molecule has 5 nitrogen and oxygen atoms in total. The Balaban J connectivity index is 2.01. The molecule has 3 rings (SSSR count). The molecular weight excluding hydrogens is 214 g/mol. The van der Waals surface area contributed by atoms with Gasteiger partial charge in [-0.25, -0.2) is 0 Å². The summed E-state index contributed by atoms with van der Waals surface area (Å²) in [4.78, 5) is 2.44. The molecule has 2 aromatic heterocycles. The van der Waals surface area contributed by atoms with Crippen molar-refractivity contribution in [2.24, 2.45) is 0 Å². The van der Waals surface area contributed by atoms with Gasteiger partial charge in [0.2, 0.25) is 0 Å². The number of likely N-dealkylation sites (tertiary alicyclic amines) is 1. The molecule has 1 fully saturated rings. The molecule has 90 valence electrons. The monoisotopic (exact) mass is 231 g/mol. The lowest BCUT2D eigenvalue weighted by Crippen LogP contribution is -2.20. The number of anilines is 1. The number of nitrogens with two attached hydrogens (primary N) is 1. The minimum atomic E-state index is 0.453. The predicted octanol–water partition coefficient (Wildman–Crippen LogP) is 1.12. The van der Waals surface area contributed by atoms with E-state index >= 15 is 0 Å². The van der Waals surface area contributed by atoms with Crippen LogP contribution >= 0.6 is 0 Å². The van der Waals surface area contributed by atoms with Gasteiger partial charge in [0.15, 0.2) is 5.65 Å². The number of nitrogens with zero attached hydrogens (tertiary/aromatic N) is 4. The van der Waals surface area contributed by atoms with Crippen molar-refractivity contribution < 1.29 is 0 Å². The van der Waals surface area contributed by atoms with Crippen molar-refractivity contribution in [2.75, 3.05) is 25.4 Å². The Hall–Kier alpha value is -1.62. The second-order valence-electron chi connectivity index (χ2n) is 4.58. The normalized spacial score (nSPS) is 21.4. The van der Waals surface area contributed by atoms with Crippen LogP contribution in [-0.4, -0.2) is 39.1 Å². The van der Waals surface area contributed by atoms with Crippen molar-refractivity contribution in [3.05, 3.63) is 24.0 Å². The highest BCUT2D eigenvalue weighted by atomic mass is 15.3. The zero-order chi connectivity index (χ0) is 11.8. The third-order valence-corrected chi connectivity index (χ3v) is 3.57. The molecule has 1 atom stereocenters. The van der Waals surface area contributed by atoms with Gasteiger partial charge in [0.1, 0.15) is 11.6 Å². The van der Waals surface area contributed by atoms with E-state index in [4.69, 9.17) is 5.73 Å². The van der Waals surface area contributed by atoms with Crippen LogP contribution in [0.2, 0.25) is 0 Å². The van der Waals surface area contributed by atoms with Crippen LogP contribution in [0, 0.1) is 0 Å². The number of hydrogen-bond donors (Lipinski definition) is 1. The molecule has 0 bridgehead atoms. The highest BCUT2D eigenvalue weighted by molar-refractivity contribution is 5.48. The Kier molecular flexibility index (Phi) is 2.48. The molecule has 2 aromatic rings. The molecule has 5 heteroatoms. The van der Waals surface area contributed by atoms with Crippen LogP contribution in [0.5, 0.6) is 0 Å². The fraction of sp³-hybridized carbons (Fsp3) is 0.500. The third kappa shape index (κ3) is 1.67. The number of nitrogen functional groups attached to an aromatic ring is 1. The molecule has 1 aliphatic heterocycles. The second kappa shape index (κ2) is 4.00. The lowest BCUT2D eigenvalue weighted by Gasteiger charge is -2.12. The molecule has 1 aliphatic rings. The minimum absolute atomic E-state index is 0.453. The van der Waals surface area contributed by atoms with E-state index in [2.05, 4.69) is 22.0 Å². The zero-order valence-corrected chi connectivity index (χ0v) is 10.0. The summed E-state index contributed by atoms with van der Waals surface area (Å²) in [7, 11) is 0. The SMILES string of the molecule is CCN1CCC(c2nnc3cccc(N)n23)C1. The van der Waals surface area contributed by atoms with Gasteiger partial charge in [-0.1, -0.05) is 13.0 Å². The number of pyridine rings is 1. The fourth-order valence-electron chi connectivity index (χ4n) is 2.58. The van der Waals surface area contributed by atoms with Crippen LogP contribution in [0.4, 0.5) is 5.82 Å². The van der Waals surface area contributed by atoms with Gasteiger partial charge in [0, 0.05) is 12.5 Å². The fourth-order valence-corrected chi connectivity index (χ4v) is 2.58. The lowest BCUT2D eigenvalue weighted by molar-refractivity contribution is 0.352. The highest BCUT2D eigenvalue weighted by Crippen LogP contribution is 2.27. The molecule has 3 heterocycles. The summed E-state index contributed by atoms with van der Waals surface area (Å²) >= 11 is 0. The molecule has 2 N–H and O–H groups in total. The average Bonchev–Trinajstić information content (AvgIpc) is 2.94. The van der Waals surface area contributed by atoms with Crippen LogP contribution in [0.15, 0.2) is 18.2 Å². The number of aromatic nitrogens is 3. The quantitative estimate of drug-likeness (QED) is 0.841. The van der Waals surface area contributed by atoms with E-state index in [9.17, 15) is 0 Å². The Bertz CT molecular complexity index is 533. The summed E-state index contributed by atoms with van der Waals surface area (Å²) in [6.07, 6.45) is 1.14. The molecule has 1 saturated heterocycles. The largest absolute Gasteiger partial charge is 0.385 e. The number of hydrogen-bond acceptors (Lipinski definition) is 4. The number of likely N-dealkylation sites (N-methyl/N-ethyl adjacent to an activating group) is 1. The molecule has 0 aliphatic carbocycles. The van der Waals surface area contributed by atoms with Crippen molar-refractivity contribution in [3.8, 4) is 0 Å².